The zero-order chi connectivity index (χ0) is 11.0. The Bertz CT molecular complexity index is 297. The molecule has 2 atom stereocenters. The van der Waals surface area contributed by atoms with Crippen molar-refractivity contribution in [1.82, 2.24) is 0 Å². The maximum absolute atomic E-state index is 11.9. The largest absolute Gasteiger partial charge is 0.523 e. The van der Waals surface area contributed by atoms with Crippen LogP contribution in [0, 0.1) is 0 Å². The molecule has 1 fully saturated rings. The van der Waals surface area contributed by atoms with E-state index >= 15 is 0 Å². The lowest BCUT2D eigenvalue weighted by Crippen LogP contribution is -2.32. The van der Waals surface area contributed by atoms with Gasteiger partial charge in [0, 0.05) is 13.0 Å². The van der Waals surface area contributed by atoms with Crippen LogP contribution in [0.15, 0.2) is 0 Å². The zero-order valence-corrected chi connectivity index (χ0v) is 8.06. The van der Waals surface area contributed by atoms with Crippen molar-refractivity contribution >= 4 is 10.1 Å². The third kappa shape index (κ3) is 2.37. The first-order chi connectivity index (χ1) is 6.24. The van der Waals surface area contributed by atoms with Gasteiger partial charge in [-0.2, -0.15) is 21.6 Å². The summed E-state index contributed by atoms with van der Waals surface area (Å²) in [6.07, 6.45) is -1.52. The predicted molar refractivity (Wildman–Crippen MR) is 39.9 cm³/mol. The Morgan fingerprint density at radius 2 is 2.00 bits per heavy atom. The quantitative estimate of drug-likeness (QED) is 0.529. The van der Waals surface area contributed by atoms with Crippen LogP contribution in [-0.2, 0) is 19.0 Å². The van der Waals surface area contributed by atoms with Crippen LogP contribution in [0.1, 0.15) is 13.3 Å². The highest BCUT2D eigenvalue weighted by atomic mass is 32.2. The van der Waals surface area contributed by atoms with E-state index in [0.29, 0.717) is 0 Å². The van der Waals surface area contributed by atoms with E-state index in [2.05, 4.69) is 4.18 Å². The van der Waals surface area contributed by atoms with E-state index in [1.165, 1.54) is 6.92 Å². The highest BCUT2D eigenvalue weighted by Gasteiger charge is 2.49. The van der Waals surface area contributed by atoms with Crippen LogP contribution in [0.5, 0.6) is 0 Å². The molecule has 0 N–H and O–H groups in total. The fraction of sp³-hybridized carbons (Fsp3) is 1.00. The van der Waals surface area contributed by atoms with Gasteiger partial charge in [-0.3, -0.25) is 4.18 Å². The van der Waals surface area contributed by atoms with Gasteiger partial charge in [-0.1, -0.05) is 0 Å². The van der Waals surface area contributed by atoms with E-state index in [1.807, 2.05) is 0 Å². The van der Waals surface area contributed by atoms with E-state index in [-0.39, 0.29) is 13.0 Å². The van der Waals surface area contributed by atoms with E-state index in [4.69, 9.17) is 4.74 Å². The lowest BCUT2D eigenvalue weighted by Gasteiger charge is -2.15. The van der Waals surface area contributed by atoms with Gasteiger partial charge in [0.15, 0.2) is 0 Å². The smallest absolute Gasteiger partial charge is 0.376 e. The minimum Gasteiger partial charge on any atom is -0.376 e. The summed E-state index contributed by atoms with van der Waals surface area (Å²) in [6.45, 7) is 1.67. The molecule has 1 saturated heterocycles. The van der Waals surface area contributed by atoms with Crippen molar-refractivity contribution in [3.63, 3.8) is 0 Å². The molecule has 1 rings (SSSR count). The molecule has 0 aromatic heterocycles. The molecule has 14 heavy (non-hydrogen) atoms. The average molecular weight is 234 g/mol. The molecule has 2 unspecified atom stereocenters. The fourth-order valence-corrected chi connectivity index (χ4v) is 1.74. The zero-order valence-electron chi connectivity index (χ0n) is 7.24. The van der Waals surface area contributed by atoms with Gasteiger partial charge in [-0.25, -0.2) is 0 Å². The van der Waals surface area contributed by atoms with Crippen molar-refractivity contribution < 1.29 is 30.5 Å². The standard InChI is InChI=1S/C6H9F3O4S/c1-4-5(2-3-12-4)13-14(10,11)6(7,8)9/h4-5H,2-3H2,1H3. The molecule has 1 heterocycles. The van der Waals surface area contributed by atoms with Crippen LogP contribution in [0.25, 0.3) is 0 Å². The van der Waals surface area contributed by atoms with E-state index < -0.39 is 27.8 Å². The van der Waals surface area contributed by atoms with Crippen LogP contribution in [0.2, 0.25) is 0 Å². The second-order valence-corrected chi connectivity index (χ2v) is 4.46. The number of rotatable bonds is 2. The van der Waals surface area contributed by atoms with Gasteiger partial charge in [-0.05, 0) is 6.92 Å². The SMILES string of the molecule is CC1OCCC1OS(=O)(=O)C(F)(F)F. The molecule has 8 heteroatoms. The third-order valence-electron chi connectivity index (χ3n) is 1.84. The number of halogens is 3. The maximum Gasteiger partial charge on any atom is 0.523 e. The topological polar surface area (TPSA) is 52.6 Å². The first-order valence-electron chi connectivity index (χ1n) is 3.85. The molecule has 0 amide bonds. The molecule has 0 radical (unpaired) electrons. The number of hydrogen-bond acceptors (Lipinski definition) is 4. The minimum atomic E-state index is -5.49. The van der Waals surface area contributed by atoms with Crippen molar-refractivity contribution in [1.29, 1.82) is 0 Å². The normalized spacial score (nSPS) is 29.4. The predicted octanol–water partition coefficient (Wildman–Crippen LogP) is 1.03. The van der Waals surface area contributed by atoms with Gasteiger partial charge >= 0.3 is 15.6 Å². The molecule has 1 aliphatic heterocycles. The van der Waals surface area contributed by atoms with Crippen molar-refractivity contribution in [3.05, 3.63) is 0 Å². The Hall–Kier alpha value is -0.340. The van der Waals surface area contributed by atoms with Crippen molar-refractivity contribution in [2.24, 2.45) is 0 Å². The molecule has 0 bridgehead atoms. The highest BCUT2D eigenvalue weighted by molar-refractivity contribution is 7.87. The van der Waals surface area contributed by atoms with E-state index in [0.717, 1.165) is 0 Å². The number of alkyl halides is 3. The second kappa shape index (κ2) is 3.67. The lowest BCUT2D eigenvalue weighted by molar-refractivity contribution is -0.0594. The van der Waals surface area contributed by atoms with Gasteiger partial charge in [0.05, 0.1) is 6.10 Å². The highest BCUT2D eigenvalue weighted by Crippen LogP contribution is 2.28. The average Bonchev–Trinajstić information content (AvgIpc) is 2.33. The van der Waals surface area contributed by atoms with Gasteiger partial charge in [-0.15, -0.1) is 0 Å². The molecular weight excluding hydrogens is 225 g/mol. The lowest BCUT2D eigenvalue weighted by atomic mass is 10.2. The van der Waals surface area contributed by atoms with Crippen LogP contribution in [0.3, 0.4) is 0 Å². The monoisotopic (exact) mass is 234 g/mol. The summed E-state index contributed by atoms with van der Waals surface area (Å²) >= 11 is 0. The Kier molecular flexibility index (Phi) is 3.07. The molecule has 4 nitrogen and oxygen atoms in total. The fourth-order valence-electron chi connectivity index (χ4n) is 1.06. The van der Waals surface area contributed by atoms with Crippen LogP contribution in [-0.4, -0.2) is 32.7 Å². The summed E-state index contributed by atoms with van der Waals surface area (Å²) in [5.74, 6) is 0. The van der Waals surface area contributed by atoms with Gasteiger partial charge in [0.2, 0.25) is 0 Å². The molecule has 0 aliphatic carbocycles. The summed E-state index contributed by atoms with van der Waals surface area (Å²) in [4.78, 5) is 0. The Balaban J connectivity index is 2.69. The van der Waals surface area contributed by atoms with Gasteiger partial charge in [0.1, 0.15) is 6.10 Å². The number of ether oxygens (including phenoxy) is 1. The summed E-state index contributed by atoms with van der Waals surface area (Å²) in [5, 5.41) is 0. The molecule has 84 valence electrons. The van der Waals surface area contributed by atoms with Gasteiger partial charge in [0.25, 0.3) is 0 Å². The Morgan fingerprint density at radius 1 is 1.43 bits per heavy atom. The third-order valence-corrected chi connectivity index (χ3v) is 2.91. The Labute approximate surface area is 79.1 Å². The van der Waals surface area contributed by atoms with Crippen molar-refractivity contribution in [3.8, 4) is 0 Å². The van der Waals surface area contributed by atoms with Gasteiger partial charge < -0.3 is 4.74 Å². The molecule has 1 aliphatic rings. The molecule has 0 aromatic carbocycles. The molecular formula is C6H9F3O4S. The Morgan fingerprint density at radius 3 is 2.36 bits per heavy atom. The number of hydrogen-bond donors (Lipinski definition) is 0. The maximum atomic E-state index is 11.9. The van der Waals surface area contributed by atoms with Crippen LogP contribution >= 0.6 is 0 Å². The summed E-state index contributed by atoms with van der Waals surface area (Å²) in [5.41, 5.74) is -5.37. The van der Waals surface area contributed by atoms with E-state index in [1.54, 1.807) is 0 Å². The van der Waals surface area contributed by atoms with E-state index in [9.17, 15) is 21.6 Å². The van der Waals surface area contributed by atoms with Crippen LogP contribution < -0.4 is 0 Å². The summed E-state index contributed by atoms with van der Waals surface area (Å²) < 4.78 is 65.5. The van der Waals surface area contributed by atoms with Crippen molar-refractivity contribution in [2.45, 2.75) is 31.1 Å². The first kappa shape index (κ1) is 11.7. The second-order valence-electron chi connectivity index (χ2n) is 2.90. The minimum absolute atomic E-state index is 0.149. The summed E-state index contributed by atoms with van der Waals surface area (Å²) in [7, 11) is -5.49. The molecule has 0 spiro atoms. The van der Waals surface area contributed by atoms with Crippen molar-refractivity contribution in [2.75, 3.05) is 6.61 Å². The first-order valence-corrected chi connectivity index (χ1v) is 5.26. The molecule has 0 aromatic rings. The van der Waals surface area contributed by atoms with Crippen LogP contribution in [0.4, 0.5) is 13.2 Å². The summed E-state index contributed by atoms with van der Waals surface area (Å²) in [6, 6.07) is 0. The molecule has 0 saturated carbocycles.